The van der Waals surface area contributed by atoms with Crippen molar-refractivity contribution in [1.82, 2.24) is 9.97 Å². The highest BCUT2D eigenvalue weighted by Crippen LogP contribution is 2.42. The van der Waals surface area contributed by atoms with Crippen LogP contribution in [0.4, 0.5) is 5.69 Å². The first-order valence-corrected chi connectivity index (χ1v) is 6.34. The van der Waals surface area contributed by atoms with Gasteiger partial charge in [0.2, 0.25) is 0 Å². The van der Waals surface area contributed by atoms with Gasteiger partial charge in [0, 0.05) is 11.5 Å². The van der Waals surface area contributed by atoms with Gasteiger partial charge in [-0.15, -0.1) is 0 Å². The quantitative estimate of drug-likeness (QED) is 0.918. The largest absolute Gasteiger partial charge is 0.459 e. The van der Waals surface area contributed by atoms with E-state index < -0.39 is 0 Å². The predicted octanol–water partition coefficient (Wildman–Crippen LogP) is 2.82. The van der Waals surface area contributed by atoms with Gasteiger partial charge in [-0.05, 0) is 32.8 Å². The highest BCUT2D eigenvalue weighted by atomic mass is 16.3. The third-order valence-corrected chi connectivity index (χ3v) is 3.22. The lowest BCUT2D eigenvalue weighted by atomic mass is 10.2. The van der Waals surface area contributed by atoms with Crippen LogP contribution < -0.4 is 5.32 Å². The van der Waals surface area contributed by atoms with Gasteiger partial charge in [-0.3, -0.25) is 4.79 Å². The first-order chi connectivity index (χ1) is 9.15. The lowest BCUT2D eigenvalue weighted by molar-refractivity contribution is 0.0995. The average Bonchev–Trinajstić information content (AvgIpc) is 3.13. The molecule has 2 aromatic rings. The Kier molecular flexibility index (Phi) is 2.81. The Morgan fingerprint density at radius 1 is 1.42 bits per heavy atom. The van der Waals surface area contributed by atoms with Gasteiger partial charge >= 0.3 is 0 Å². The van der Waals surface area contributed by atoms with E-state index in [9.17, 15) is 4.79 Å². The standard InChI is InChI=1S/C14H15N3O2/c1-8-5-6-19-13(8)14(18)17-11-7-15-9(2)16-12(11)10-3-4-10/h5-7,10H,3-4H2,1-2H3,(H,17,18). The van der Waals surface area contributed by atoms with E-state index in [4.69, 9.17) is 4.42 Å². The summed E-state index contributed by atoms with van der Waals surface area (Å²) in [4.78, 5) is 20.7. The molecule has 2 aromatic heterocycles. The maximum atomic E-state index is 12.1. The lowest BCUT2D eigenvalue weighted by Crippen LogP contribution is -2.14. The first kappa shape index (κ1) is 11.9. The van der Waals surface area contributed by atoms with Gasteiger partial charge < -0.3 is 9.73 Å². The van der Waals surface area contributed by atoms with Gasteiger partial charge in [-0.1, -0.05) is 0 Å². The van der Waals surface area contributed by atoms with Gasteiger partial charge in [0.05, 0.1) is 23.8 Å². The number of nitrogens with zero attached hydrogens (tertiary/aromatic N) is 2. The molecule has 0 unspecified atom stereocenters. The Labute approximate surface area is 111 Å². The molecule has 5 heteroatoms. The Morgan fingerprint density at radius 3 is 2.84 bits per heavy atom. The molecule has 19 heavy (non-hydrogen) atoms. The van der Waals surface area contributed by atoms with Crippen molar-refractivity contribution in [3.63, 3.8) is 0 Å². The number of nitrogens with one attached hydrogen (secondary N) is 1. The number of aromatic nitrogens is 2. The van der Waals surface area contributed by atoms with Crippen LogP contribution in [0.2, 0.25) is 0 Å². The van der Waals surface area contributed by atoms with Crippen LogP contribution in [0.1, 0.15) is 46.4 Å². The summed E-state index contributed by atoms with van der Waals surface area (Å²) in [5.41, 5.74) is 2.44. The summed E-state index contributed by atoms with van der Waals surface area (Å²) >= 11 is 0. The number of rotatable bonds is 3. The van der Waals surface area contributed by atoms with E-state index >= 15 is 0 Å². The lowest BCUT2D eigenvalue weighted by Gasteiger charge is -2.09. The van der Waals surface area contributed by atoms with Crippen LogP contribution >= 0.6 is 0 Å². The Hall–Kier alpha value is -2.17. The van der Waals surface area contributed by atoms with Gasteiger partial charge in [-0.25, -0.2) is 9.97 Å². The van der Waals surface area contributed by atoms with E-state index in [0.29, 0.717) is 17.4 Å². The minimum atomic E-state index is -0.253. The fourth-order valence-electron chi connectivity index (χ4n) is 2.04. The molecule has 1 saturated carbocycles. The molecule has 0 radical (unpaired) electrons. The number of anilines is 1. The maximum absolute atomic E-state index is 12.1. The molecular formula is C14H15N3O2. The summed E-state index contributed by atoms with van der Waals surface area (Å²) in [5.74, 6) is 1.27. The smallest absolute Gasteiger partial charge is 0.291 e. The van der Waals surface area contributed by atoms with Crippen molar-refractivity contribution in [2.45, 2.75) is 32.6 Å². The first-order valence-electron chi connectivity index (χ1n) is 6.34. The Bertz CT molecular complexity index is 629. The van der Waals surface area contributed by atoms with Crippen LogP contribution in [0, 0.1) is 13.8 Å². The number of amides is 1. The summed E-state index contributed by atoms with van der Waals surface area (Å²) in [6.07, 6.45) is 5.43. The van der Waals surface area contributed by atoms with Crippen molar-refractivity contribution < 1.29 is 9.21 Å². The summed E-state index contributed by atoms with van der Waals surface area (Å²) in [6.45, 7) is 3.69. The Balaban J connectivity index is 1.87. The maximum Gasteiger partial charge on any atom is 0.291 e. The molecule has 1 aliphatic carbocycles. The third-order valence-electron chi connectivity index (χ3n) is 3.22. The third kappa shape index (κ3) is 2.36. The van der Waals surface area contributed by atoms with E-state index in [1.807, 2.05) is 13.8 Å². The van der Waals surface area contributed by atoms with Gasteiger partial charge in [0.15, 0.2) is 5.76 Å². The molecule has 1 amide bonds. The van der Waals surface area contributed by atoms with Crippen molar-refractivity contribution in [1.29, 1.82) is 0 Å². The summed E-state index contributed by atoms with van der Waals surface area (Å²) in [7, 11) is 0. The van der Waals surface area contributed by atoms with Crippen LogP contribution in [-0.2, 0) is 0 Å². The molecule has 0 aromatic carbocycles. The fourth-order valence-corrected chi connectivity index (χ4v) is 2.04. The normalized spacial score (nSPS) is 14.4. The van der Waals surface area contributed by atoms with E-state index in [2.05, 4.69) is 15.3 Å². The van der Waals surface area contributed by atoms with Crippen molar-refractivity contribution in [2.75, 3.05) is 5.32 Å². The topological polar surface area (TPSA) is 68.0 Å². The zero-order valence-corrected chi connectivity index (χ0v) is 10.9. The molecule has 0 spiro atoms. The minimum absolute atomic E-state index is 0.253. The van der Waals surface area contributed by atoms with Gasteiger partial charge in [0.25, 0.3) is 5.91 Å². The van der Waals surface area contributed by atoms with Crippen LogP contribution in [0.25, 0.3) is 0 Å². The van der Waals surface area contributed by atoms with Crippen LogP contribution in [0.15, 0.2) is 22.9 Å². The Morgan fingerprint density at radius 2 is 2.21 bits per heavy atom. The molecule has 2 heterocycles. The highest BCUT2D eigenvalue weighted by molar-refractivity contribution is 6.03. The zero-order valence-electron chi connectivity index (χ0n) is 10.9. The number of hydrogen-bond donors (Lipinski definition) is 1. The number of aryl methyl sites for hydroxylation is 2. The molecular weight excluding hydrogens is 242 g/mol. The molecule has 0 bridgehead atoms. The second kappa shape index (κ2) is 4.50. The fraction of sp³-hybridized carbons (Fsp3) is 0.357. The average molecular weight is 257 g/mol. The van der Waals surface area contributed by atoms with E-state index in [-0.39, 0.29) is 5.91 Å². The number of carbonyl (C=O) groups is 1. The zero-order chi connectivity index (χ0) is 13.4. The van der Waals surface area contributed by atoms with Crippen LogP contribution in [-0.4, -0.2) is 15.9 Å². The van der Waals surface area contributed by atoms with Gasteiger partial charge in [-0.2, -0.15) is 0 Å². The molecule has 1 fully saturated rings. The number of hydrogen-bond acceptors (Lipinski definition) is 4. The van der Waals surface area contributed by atoms with Crippen molar-refractivity contribution >= 4 is 11.6 Å². The van der Waals surface area contributed by atoms with E-state index in [0.717, 1.165) is 29.9 Å². The number of carbonyl (C=O) groups excluding carboxylic acids is 1. The molecule has 1 aliphatic rings. The SMILES string of the molecule is Cc1ncc(NC(=O)c2occc2C)c(C2CC2)n1. The molecule has 5 nitrogen and oxygen atoms in total. The molecule has 1 N–H and O–H groups in total. The highest BCUT2D eigenvalue weighted by Gasteiger charge is 2.29. The predicted molar refractivity (Wildman–Crippen MR) is 70.1 cm³/mol. The molecule has 3 rings (SSSR count). The monoisotopic (exact) mass is 257 g/mol. The van der Waals surface area contributed by atoms with Gasteiger partial charge in [0.1, 0.15) is 5.82 Å². The molecule has 0 aliphatic heterocycles. The summed E-state index contributed by atoms with van der Waals surface area (Å²) in [5, 5.41) is 2.84. The van der Waals surface area contributed by atoms with Crippen molar-refractivity contribution in [3.05, 3.63) is 41.4 Å². The number of furan rings is 1. The molecule has 0 saturated heterocycles. The minimum Gasteiger partial charge on any atom is -0.459 e. The van der Waals surface area contributed by atoms with E-state index in [1.54, 1.807) is 12.3 Å². The van der Waals surface area contributed by atoms with Crippen molar-refractivity contribution in [2.24, 2.45) is 0 Å². The second-order valence-corrected chi connectivity index (χ2v) is 4.88. The van der Waals surface area contributed by atoms with Crippen LogP contribution in [0.5, 0.6) is 0 Å². The molecule has 0 atom stereocenters. The summed E-state index contributed by atoms with van der Waals surface area (Å²) < 4.78 is 5.19. The molecule has 98 valence electrons. The second-order valence-electron chi connectivity index (χ2n) is 4.88. The van der Waals surface area contributed by atoms with Crippen molar-refractivity contribution in [3.8, 4) is 0 Å². The summed E-state index contributed by atoms with van der Waals surface area (Å²) in [6, 6.07) is 1.77. The van der Waals surface area contributed by atoms with Crippen LogP contribution in [0.3, 0.4) is 0 Å². The van der Waals surface area contributed by atoms with E-state index in [1.165, 1.54) is 6.26 Å².